The fourth-order valence-corrected chi connectivity index (χ4v) is 6.48. The molecule has 0 radical (unpaired) electrons. The Balaban J connectivity index is 1.37. The summed E-state index contributed by atoms with van der Waals surface area (Å²) in [7, 11) is 1.61. The van der Waals surface area contributed by atoms with Crippen LogP contribution in [0, 0.1) is 0 Å². The van der Waals surface area contributed by atoms with Crippen LogP contribution in [0.25, 0.3) is 22.2 Å². The van der Waals surface area contributed by atoms with Gasteiger partial charge in [0.1, 0.15) is 29.0 Å². The molecule has 1 unspecified atom stereocenters. The van der Waals surface area contributed by atoms with Gasteiger partial charge in [-0.05, 0) is 60.0 Å². The molecule has 1 amide bonds. The summed E-state index contributed by atoms with van der Waals surface area (Å²) in [4.78, 5) is 20.0. The first-order valence-electron chi connectivity index (χ1n) is 15.8. The van der Waals surface area contributed by atoms with Gasteiger partial charge in [-0.2, -0.15) is 18.3 Å². The summed E-state index contributed by atoms with van der Waals surface area (Å²) in [6, 6.07) is 25.2. The zero-order valence-electron chi connectivity index (χ0n) is 27.1. The number of hydrogen-bond acceptors (Lipinski definition) is 4. The molecule has 1 atom stereocenters. The number of alkyl halides is 3. The lowest BCUT2D eigenvalue weighted by Crippen LogP contribution is -2.41. The molecule has 3 aromatic heterocycles. The number of benzene rings is 3. The van der Waals surface area contributed by atoms with Crippen molar-refractivity contribution in [2.75, 3.05) is 13.7 Å². The van der Waals surface area contributed by atoms with Crippen molar-refractivity contribution in [1.82, 2.24) is 19.7 Å². The number of hydrogen-bond donors (Lipinski definition) is 1. The number of aromatic amines is 1. The van der Waals surface area contributed by atoms with Gasteiger partial charge >= 0.3 is 6.18 Å². The summed E-state index contributed by atoms with van der Waals surface area (Å²) in [5.74, 6) is 0.858. The third kappa shape index (κ3) is 5.65. The molecule has 48 heavy (non-hydrogen) atoms. The maximum absolute atomic E-state index is 14.8. The molecule has 1 aliphatic rings. The molecule has 1 N–H and O–H groups in total. The molecule has 0 saturated carbocycles. The highest BCUT2D eigenvalue weighted by atomic mass is 19.4. The fourth-order valence-electron chi connectivity index (χ4n) is 6.48. The Morgan fingerprint density at radius 1 is 0.979 bits per heavy atom. The Kier molecular flexibility index (Phi) is 7.69. The lowest BCUT2D eigenvalue weighted by Gasteiger charge is -2.34. The predicted molar refractivity (Wildman–Crippen MR) is 177 cm³/mol. The molecule has 0 aliphatic carbocycles. The fraction of sp³-hybridized carbons (Fsp3) is 0.263. The zero-order valence-corrected chi connectivity index (χ0v) is 27.1. The van der Waals surface area contributed by atoms with Crippen LogP contribution < -0.4 is 4.74 Å². The van der Waals surface area contributed by atoms with E-state index in [0.29, 0.717) is 36.7 Å². The van der Waals surface area contributed by atoms with Crippen molar-refractivity contribution in [1.29, 1.82) is 0 Å². The normalized spacial score (nSPS) is 15.1. The highest BCUT2D eigenvalue weighted by Gasteiger charge is 2.40. The molecule has 7 rings (SSSR count). The van der Waals surface area contributed by atoms with Gasteiger partial charge < -0.3 is 19.0 Å². The van der Waals surface area contributed by atoms with E-state index in [1.165, 1.54) is 12.1 Å². The van der Waals surface area contributed by atoms with Crippen LogP contribution in [-0.2, 0) is 24.6 Å². The molecule has 10 heteroatoms. The van der Waals surface area contributed by atoms with Gasteiger partial charge in [0.15, 0.2) is 0 Å². The van der Waals surface area contributed by atoms with Gasteiger partial charge in [0.2, 0.25) is 0 Å². The maximum atomic E-state index is 14.8. The zero-order chi connectivity index (χ0) is 33.8. The van der Waals surface area contributed by atoms with E-state index >= 15 is 0 Å². The van der Waals surface area contributed by atoms with E-state index in [-0.39, 0.29) is 22.6 Å². The van der Waals surface area contributed by atoms with Gasteiger partial charge in [-0.25, -0.2) is 0 Å². The van der Waals surface area contributed by atoms with E-state index in [1.54, 1.807) is 34.9 Å². The highest BCUT2D eigenvalue weighted by Crippen LogP contribution is 2.43. The lowest BCUT2D eigenvalue weighted by atomic mass is 9.92. The van der Waals surface area contributed by atoms with Gasteiger partial charge in [-0.3, -0.25) is 9.48 Å². The van der Waals surface area contributed by atoms with Crippen molar-refractivity contribution < 1.29 is 27.1 Å². The molecular weight excluding hydrogens is 617 g/mol. The first kappa shape index (κ1) is 31.4. The SMILES string of the molecule is COc1ccc2[nH]c3c(c2c1)CCN(C(=O)c1cc(C(C)(C)C)nn1Cc1ccccc1)C3c1ccc(-c2ccccc2C(F)(F)F)o1. The van der Waals surface area contributed by atoms with Crippen LogP contribution in [0.1, 0.15) is 71.1 Å². The Labute approximate surface area is 275 Å². The third-order valence-corrected chi connectivity index (χ3v) is 8.93. The van der Waals surface area contributed by atoms with Crippen LogP contribution in [-0.4, -0.2) is 39.2 Å². The van der Waals surface area contributed by atoms with Crippen LogP contribution in [0.5, 0.6) is 5.75 Å². The van der Waals surface area contributed by atoms with E-state index in [4.69, 9.17) is 14.3 Å². The number of carbonyl (C=O) groups is 1. The molecule has 7 nitrogen and oxygen atoms in total. The number of methoxy groups -OCH3 is 1. The number of carbonyl (C=O) groups excluding carboxylic acids is 1. The van der Waals surface area contributed by atoms with Gasteiger partial charge in [-0.15, -0.1) is 0 Å². The predicted octanol–water partition coefficient (Wildman–Crippen LogP) is 8.79. The first-order valence-corrected chi connectivity index (χ1v) is 15.8. The summed E-state index contributed by atoms with van der Waals surface area (Å²) in [5, 5.41) is 5.84. The first-order chi connectivity index (χ1) is 22.9. The standard InChI is InChI=1S/C38H35F3N4O3/c1-37(2,3)33-21-30(45(43-33)22-23-10-6-5-7-11-23)36(46)44-19-18-25-27-20-24(47-4)14-15-29(27)42-34(25)35(44)32-17-16-31(48-32)26-12-8-9-13-28(26)38(39,40)41/h5-17,20-21,35,42H,18-19,22H2,1-4H3. The summed E-state index contributed by atoms with van der Waals surface area (Å²) >= 11 is 0. The van der Waals surface area contributed by atoms with Gasteiger partial charge in [-0.1, -0.05) is 69.3 Å². The van der Waals surface area contributed by atoms with Crippen molar-refractivity contribution in [3.8, 4) is 17.1 Å². The summed E-state index contributed by atoms with van der Waals surface area (Å²) < 4.78 is 55.5. The van der Waals surface area contributed by atoms with Crippen LogP contribution >= 0.6 is 0 Å². The third-order valence-electron chi connectivity index (χ3n) is 8.93. The minimum atomic E-state index is -4.57. The molecular formula is C38H35F3N4O3. The maximum Gasteiger partial charge on any atom is 0.417 e. The van der Waals surface area contributed by atoms with Crippen LogP contribution in [0.4, 0.5) is 13.2 Å². The number of aromatic nitrogens is 3. The van der Waals surface area contributed by atoms with Crippen LogP contribution in [0.15, 0.2) is 95.4 Å². The minimum absolute atomic E-state index is 0.0673. The van der Waals surface area contributed by atoms with E-state index in [2.05, 4.69) is 4.98 Å². The van der Waals surface area contributed by atoms with Crippen molar-refractivity contribution in [3.63, 3.8) is 0 Å². The van der Waals surface area contributed by atoms with Crippen LogP contribution in [0.3, 0.4) is 0 Å². The highest BCUT2D eigenvalue weighted by molar-refractivity contribution is 5.94. The topological polar surface area (TPSA) is 76.3 Å². The molecule has 0 bridgehead atoms. The van der Waals surface area contributed by atoms with Crippen molar-refractivity contribution in [2.24, 2.45) is 0 Å². The average Bonchev–Trinajstić information content (AvgIpc) is 3.81. The molecule has 0 saturated heterocycles. The van der Waals surface area contributed by atoms with Crippen molar-refractivity contribution >= 4 is 16.8 Å². The van der Waals surface area contributed by atoms with E-state index in [1.807, 2.05) is 75.4 Å². The quantitative estimate of drug-likeness (QED) is 0.195. The summed E-state index contributed by atoms with van der Waals surface area (Å²) in [6.45, 7) is 6.89. The molecule has 246 valence electrons. The van der Waals surface area contributed by atoms with Gasteiger partial charge in [0.05, 0.1) is 30.6 Å². The molecule has 0 spiro atoms. The molecule has 1 aliphatic heterocycles. The van der Waals surface area contributed by atoms with E-state index < -0.39 is 17.8 Å². The van der Waals surface area contributed by atoms with Gasteiger partial charge in [0, 0.05) is 28.4 Å². The number of nitrogens with one attached hydrogen (secondary N) is 1. The number of furan rings is 1. The van der Waals surface area contributed by atoms with E-state index in [0.717, 1.165) is 39.5 Å². The van der Waals surface area contributed by atoms with E-state index in [9.17, 15) is 18.0 Å². The smallest absolute Gasteiger partial charge is 0.417 e. The number of H-pyrrole nitrogens is 1. The second-order valence-corrected chi connectivity index (χ2v) is 13.1. The second-order valence-electron chi connectivity index (χ2n) is 13.1. The number of ether oxygens (including phenoxy) is 1. The number of nitrogens with zero attached hydrogens (tertiary/aromatic N) is 3. The van der Waals surface area contributed by atoms with Crippen molar-refractivity contribution in [3.05, 3.63) is 131 Å². The monoisotopic (exact) mass is 652 g/mol. The molecule has 4 heterocycles. The van der Waals surface area contributed by atoms with Crippen molar-refractivity contribution in [2.45, 2.75) is 51.4 Å². The van der Waals surface area contributed by atoms with Crippen LogP contribution in [0.2, 0.25) is 0 Å². The number of halogens is 3. The average molecular weight is 653 g/mol. The number of fused-ring (bicyclic) bond motifs is 3. The summed E-state index contributed by atoms with van der Waals surface area (Å²) in [6.07, 6.45) is -4.02. The Morgan fingerprint density at radius 2 is 1.73 bits per heavy atom. The minimum Gasteiger partial charge on any atom is -0.497 e. The lowest BCUT2D eigenvalue weighted by molar-refractivity contribution is -0.137. The largest absolute Gasteiger partial charge is 0.497 e. The number of amides is 1. The Hall–Kier alpha value is -5.25. The Morgan fingerprint density at radius 3 is 2.46 bits per heavy atom. The number of rotatable bonds is 6. The summed E-state index contributed by atoms with van der Waals surface area (Å²) in [5.41, 5.74) is 3.62. The molecule has 6 aromatic rings. The Bertz CT molecular complexity index is 2120. The molecule has 0 fully saturated rings. The molecule has 3 aromatic carbocycles. The second kappa shape index (κ2) is 11.8. The van der Waals surface area contributed by atoms with Gasteiger partial charge in [0.25, 0.3) is 5.91 Å².